The minimum atomic E-state index is -0.487. The van der Waals surface area contributed by atoms with E-state index in [9.17, 15) is 4.79 Å². The molecule has 24 heavy (non-hydrogen) atoms. The summed E-state index contributed by atoms with van der Waals surface area (Å²) in [6.45, 7) is 4.48. The van der Waals surface area contributed by atoms with Crippen LogP contribution in [0.2, 0.25) is 0 Å². The van der Waals surface area contributed by atoms with Gasteiger partial charge in [-0.2, -0.15) is 0 Å². The van der Waals surface area contributed by atoms with E-state index in [1.54, 1.807) is 18.3 Å². The Bertz CT molecular complexity index is 721. The molecule has 0 atom stereocenters. The number of carbonyl (C=O) groups is 1. The summed E-state index contributed by atoms with van der Waals surface area (Å²) in [6, 6.07) is 11.0. The largest absolute Gasteiger partial charge is 0.494 e. The third-order valence-corrected chi connectivity index (χ3v) is 4.65. The molecule has 0 spiro atoms. The minimum absolute atomic E-state index is 0.276. The summed E-state index contributed by atoms with van der Waals surface area (Å²) in [5, 5.41) is 0. The molecule has 126 valence electrons. The average molecular weight is 326 g/mol. The third kappa shape index (κ3) is 3.41. The Hall–Kier alpha value is -2.40. The number of rotatable bonds is 7. The summed E-state index contributed by atoms with van der Waals surface area (Å²) in [5.74, 6) is 0.277. The molecule has 5 nitrogen and oxygen atoms in total. The predicted octanol–water partition coefficient (Wildman–Crippen LogP) is 3.04. The number of aromatic nitrogens is 1. The highest BCUT2D eigenvalue weighted by Gasteiger charge is 2.36. The maximum atomic E-state index is 11.6. The number of hydrogen-bond acceptors (Lipinski definition) is 4. The number of nitrogens with two attached hydrogens (primary N) is 1. The maximum Gasteiger partial charge on any atom is 0.250 e. The lowest BCUT2D eigenvalue weighted by Crippen LogP contribution is -2.43. The molecule has 1 aliphatic rings. The van der Waals surface area contributed by atoms with Crippen LogP contribution in [0.3, 0.4) is 0 Å². The molecule has 1 aromatic carbocycles. The Morgan fingerprint density at radius 1 is 1.33 bits per heavy atom. The van der Waals surface area contributed by atoms with Crippen LogP contribution in [0.25, 0.3) is 11.3 Å². The van der Waals surface area contributed by atoms with Gasteiger partial charge in [-0.15, -0.1) is 0 Å². The van der Waals surface area contributed by atoms with Gasteiger partial charge in [0, 0.05) is 17.2 Å². The van der Waals surface area contributed by atoms with E-state index in [1.165, 1.54) is 0 Å². The fraction of sp³-hybridized carbons (Fsp3) is 0.368. The Labute approximate surface area is 141 Å². The van der Waals surface area contributed by atoms with Crippen LogP contribution < -0.4 is 10.5 Å². The van der Waals surface area contributed by atoms with E-state index < -0.39 is 5.91 Å². The second-order valence-electron chi connectivity index (χ2n) is 6.24. The lowest BCUT2D eigenvalue weighted by atomic mass is 9.80. The zero-order chi connectivity index (χ0) is 17.0. The van der Waals surface area contributed by atoms with Gasteiger partial charge >= 0.3 is 0 Å². The van der Waals surface area contributed by atoms with Gasteiger partial charge in [0.15, 0.2) is 0 Å². The monoisotopic (exact) mass is 326 g/mol. The number of hydrogen-bond donors (Lipinski definition) is 1. The molecule has 0 aliphatic carbocycles. The normalized spacial score (nSPS) is 15.5. The van der Waals surface area contributed by atoms with Crippen molar-refractivity contribution in [3.8, 4) is 17.0 Å². The smallest absolute Gasteiger partial charge is 0.250 e. The van der Waals surface area contributed by atoms with Crippen LogP contribution in [0.1, 0.15) is 30.1 Å². The van der Waals surface area contributed by atoms with E-state index in [4.69, 9.17) is 15.2 Å². The van der Waals surface area contributed by atoms with Crippen molar-refractivity contribution in [1.82, 2.24) is 4.98 Å². The van der Waals surface area contributed by atoms with Crippen molar-refractivity contribution in [2.75, 3.05) is 19.8 Å². The van der Waals surface area contributed by atoms with E-state index in [-0.39, 0.29) is 5.41 Å². The molecule has 1 saturated heterocycles. The fourth-order valence-corrected chi connectivity index (χ4v) is 2.87. The molecule has 1 fully saturated rings. The molecule has 2 heterocycles. The van der Waals surface area contributed by atoms with E-state index in [0.29, 0.717) is 17.9 Å². The van der Waals surface area contributed by atoms with Crippen LogP contribution >= 0.6 is 0 Å². The van der Waals surface area contributed by atoms with Crippen molar-refractivity contribution in [1.29, 1.82) is 0 Å². The van der Waals surface area contributed by atoms with Gasteiger partial charge in [-0.3, -0.25) is 9.78 Å². The Balaban J connectivity index is 1.72. The van der Waals surface area contributed by atoms with E-state index in [2.05, 4.69) is 11.9 Å². The fourth-order valence-electron chi connectivity index (χ4n) is 2.87. The van der Waals surface area contributed by atoms with Crippen molar-refractivity contribution < 1.29 is 14.3 Å². The van der Waals surface area contributed by atoms with Crippen molar-refractivity contribution in [3.63, 3.8) is 0 Å². The molecule has 1 aliphatic heterocycles. The summed E-state index contributed by atoms with van der Waals surface area (Å²) >= 11 is 0. The second kappa shape index (κ2) is 7.01. The van der Waals surface area contributed by atoms with Gasteiger partial charge in [0.25, 0.3) is 5.91 Å². The van der Waals surface area contributed by atoms with Gasteiger partial charge in [-0.05, 0) is 37.1 Å². The van der Waals surface area contributed by atoms with Gasteiger partial charge in [0.05, 0.1) is 31.1 Å². The number of amides is 1. The van der Waals surface area contributed by atoms with Crippen molar-refractivity contribution in [3.05, 3.63) is 48.2 Å². The maximum absolute atomic E-state index is 11.6. The summed E-state index contributed by atoms with van der Waals surface area (Å²) in [5.41, 5.74) is 7.51. The first-order valence-corrected chi connectivity index (χ1v) is 8.19. The van der Waals surface area contributed by atoms with Crippen LogP contribution in [0, 0.1) is 5.41 Å². The van der Waals surface area contributed by atoms with Crippen LogP contribution in [-0.2, 0) is 4.74 Å². The third-order valence-electron chi connectivity index (χ3n) is 4.65. The average Bonchev–Trinajstić information content (AvgIpc) is 2.57. The van der Waals surface area contributed by atoms with Crippen molar-refractivity contribution in [2.24, 2.45) is 11.1 Å². The minimum Gasteiger partial charge on any atom is -0.494 e. The summed E-state index contributed by atoms with van der Waals surface area (Å²) in [4.78, 5) is 15.9. The molecular formula is C19H22N2O3. The molecule has 3 rings (SSSR count). The van der Waals surface area contributed by atoms with E-state index in [1.807, 2.05) is 24.3 Å². The van der Waals surface area contributed by atoms with Crippen LogP contribution in [-0.4, -0.2) is 30.7 Å². The van der Waals surface area contributed by atoms with Crippen LogP contribution in [0.15, 0.2) is 42.6 Å². The predicted molar refractivity (Wildman–Crippen MR) is 91.8 cm³/mol. The van der Waals surface area contributed by atoms with Gasteiger partial charge in [0.1, 0.15) is 5.75 Å². The van der Waals surface area contributed by atoms with Crippen molar-refractivity contribution in [2.45, 2.75) is 19.8 Å². The molecule has 5 heteroatoms. The summed E-state index contributed by atoms with van der Waals surface area (Å²) < 4.78 is 11.2. The number of nitrogens with zero attached hydrogens (tertiary/aromatic N) is 1. The Morgan fingerprint density at radius 3 is 2.83 bits per heavy atom. The molecule has 1 aromatic heterocycles. The number of pyridine rings is 1. The number of carbonyl (C=O) groups excluding carboxylic acids is 1. The molecule has 0 unspecified atom stereocenters. The second-order valence-corrected chi connectivity index (χ2v) is 6.24. The van der Waals surface area contributed by atoms with E-state index in [0.717, 1.165) is 37.4 Å². The zero-order valence-corrected chi connectivity index (χ0v) is 13.8. The molecule has 1 amide bonds. The number of primary amides is 1. The Kier molecular flexibility index (Phi) is 4.81. The quantitative estimate of drug-likeness (QED) is 0.848. The SMILES string of the molecule is CCC1(CCOc2cccc(-c3ncccc3C(N)=O)c2)COC1. The van der Waals surface area contributed by atoms with E-state index >= 15 is 0 Å². The standard InChI is InChI=1S/C19H22N2O3/c1-2-19(12-23-13-19)8-10-24-15-6-3-5-14(11-15)17-16(18(20)22)7-4-9-21-17/h3-7,9,11H,2,8,10,12-13H2,1H3,(H2,20,22). The van der Waals surface area contributed by atoms with Gasteiger partial charge in [0.2, 0.25) is 0 Å². The highest BCUT2D eigenvalue weighted by molar-refractivity contribution is 5.98. The molecule has 0 radical (unpaired) electrons. The summed E-state index contributed by atoms with van der Waals surface area (Å²) in [6.07, 6.45) is 3.73. The zero-order valence-electron chi connectivity index (χ0n) is 13.8. The number of benzene rings is 1. The van der Waals surface area contributed by atoms with Gasteiger partial charge < -0.3 is 15.2 Å². The lowest BCUT2D eigenvalue weighted by molar-refractivity contribution is -0.123. The summed E-state index contributed by atoms with van der Waals surface area (Å²) in [7, 11) is 0. The van der Waals surface area contributed by atoms with Gasteiger partial charge in [-0.1, -0.05) is 19.1 Å². The lowest BCUT2D eigenvalue weighted by Gasteiger charge is -2.40. The van der Waals surface area contributed by atoms with Crippen molar-refractivity contribution >= 4 is 5.91 Å². The Morgan fingerprint density at radius 2 is 2.17 bits per heavy atom. The first kappa shape index (κ1) is 16.5. The van der Waals surface area contributed by atoms with Gasteiger partial charge in [-0.25, -0.2) is 0 Å². The van der Waals surface area contributed by atoms with Crippen LogP contribution in [0.4, 0.5) is 0 Å². The number of ether oxygens (including phenoxy) is 2. The first-order chi connectivity index (χ1) is 11.6. The van der Waals surface area contributed by atoms with Crippen LogP contribution in [0.5, 0.6) is 5.75 Å². The molecular weight excluding hydrogens is 304 g/mol. The topological polar surface area (TPSA) is 74.4 Å². The molecule has 2 N–H and O–H groups in total. The molecule has 0 saturated carbocycles. The highest BCUT2D eigenvalue weighted by atomic mass is 16.5. The first-order valence-electron chi connectivity index (χ1n) is 8.19. The molecule has 2 aromatic rings. The highest BCUT2D eigenvalue weighted by Crippen LogP contribution is 2.35. The molecule has 0 bridgehead atoms.